The fourth-order valence-corrected chi connectivity index (χ4v) is 2.88. The minimum absolute atomic E-state index is 0.185. The quantitative estimate of drug-likeness (QED) is 0.702. The summed E-state index contributed by atoms with van der Waals surface area (Å²) >= 11 is 1.29. The van der Waals surface area contributed by atoms with E-state index in [4.69, 9.17) is 0 Å². The molecule has 112 valence electrons. The third-order valence-electron chi connectivity index (χ3n) is 3.07. The van der Waals surface area contributed by atoms with E-state index in [1.165, 1.54) is 11.3 Å². The Morgan fingerprint density at radius 3 is 2.50 bits per heavy atom. The summed E-state index contributed by atoms with van der Waals surface area (Å²) in [6.45, 7) is 8.46. The monoisotopic (exact) mass is 298 g/mol. The lowest BCUT2D eigenvalue weighted by molar-refractivity contribution is 0.0697. The topological polar surface area (TPSA) is 78.4 Å². The molecule has 1 aromatic rings. The first-order chi connectivity index (χ1) is 9.32. The lowest BCUT2D eigenvalue weighted by Gasteiger charge is -2.08. The molecule has 1 aromatic heterocycles. The number of aryl methyl sites for hydroxylation is 1. The van der Waals surface area contributed by atoms with Crippen molar-refractivity contribution in [3.63, 3.8) is 0 Å². The largest absolute Gasteiger partial charge is 0.478 e. The van der Waals surface area contributed by atoms with E-state index >= 15 is 0 Å². The average Bonchev–Trinajstić information content (AvgIpc) is 2.60. The molecule has 0 radical (unpaired) electrons. The van der Waals surface area contributed by atoms with Gasteiger partial charge in [0.05, 0.1) is 5.56 Å². The highest BCUT2D eigenvalue weighted by Crippen LogP contribution is 2.32. The number of rotatable bonds is 6. The number of hydrogen-bond acceptors (Lipinski definition) is 3. The minimum Gasteiger partial charge on any atom is -0.478 e. The van der Waals surface area contributed by atoms with E-state index in [9.17, 15) is 14.7 Å². The van der Waals surface area contributed by atoms with Crippen LogP contribution >= 0.6 is 11.3 Å². The van der Waals surface area contributed by atoms with Gasteiger partial charge in [0.25, 0.3) is 0 Å². The van der Waals surface area contributed by atoms with Crippen molar-refractivity contribution in [2.45, 2.75) is 40.5 Å². The Balaban J connectivity index is 2.58. The van der Waals surface area contributed by atoms with Gasteiger partial charge < -0.3 is 10.4 Å². The van der Waals surface area contributed by atoms with Crippen LogP contribution in [0.25, 0.3) is 0 Å². The first-order valence-electron chi connectivity index (χ1n) is 6.71. The molecule has 0 aliphatic heterocycles. The van der Waals surface area contributed by atoms with E-state index < -0.39 is 5.97 Å². The fourth-order valence-electron chi connectivity index (χ4n) is 1.83. The molecule has 20 heavy (non-hydrogen) atoms. The predicted molar refractivity (Wildman–Crippen MR) is 81.8 cm³/mol. The van der Waals surface area contributed by atoms with Gasteiger partial charge in [-0.3, -0.25) is 5.32 Å². The summed E-state index contributed by atoms with van der Waals surface area (Å²) in [5.74, 6) is -0.400. The van der Waals surface area contributed by atoms with Crippen molar-refractivity contribution in [3.05, 3.63) is 16.0 Å². The molecule has 0 atom stereocenters. The van der Waals surface area contributed by atoms with E-state index in [1.54, 1.807) is 6.92 Å². The Morgan fingerprint density at radius 2 is 1.95 bits per heavy atom. The maximum atomic E-state index is 11.7. The molecule has 0 spiro atoms. The van der Waals surface area contributed by atoms with Crippen LogP contribution < -0.4 is 10.6 Å². The van der Waals surface area contributed by atoms with E-state index in [0.717, 1.165) is 17.7 Å². The van der Waals surface area contributed by atoms with Gasteiger partial charge in [-0.15, -0.1) is 11.3 Å². The summed E-state index contributed by atoms with van der Waals surface area (Å²) in [7, 11) is 0. The van der Waals surface area contributed by atoms with Gasteiger partial charge >= 0.3 is 12.0 Å². The molecule has 5 nitrogen and oxygen atoms in total. The highest BCUT2D eigenvalue weighted by Gasteiger charge is 2.20. The van der Waals surface area contributed by atoms with Gasteiger partial charge in [-0.1, -0.05) is 13.8 Å². The Hall–Kier alpha value is -1.56. The summed E-state index contributed by atoms with van der Waals surface area (Å²) < 4.78 is 0. The van der Waals surface area contributed by atoms with Crippen molar-refractivity contribution in [1.82, 2.24) is 5.32 Å². The van der Waals surface area contributed by atoms with Crippen molar-refractivity contribution in [1.29, 1.82) is 0 Å². The zero-order valence-corrected chi connectivity index (χ0v) is 13.2. The van der Waals surface area contributed by atoms with Crippen LogP contribution in [0.1, 0.15) is 47.5 Å². The molecule has 0 aliphatic carbocycles. The van der Waals surface area contributed by atoms with E-state index in [0.29, 0.717) is 23.0 Å². The zero-order valence-electron chi connectivity index (χ0n) is 12.4. The molecule has 2 amide bonds. The van der Waals surface area contributed by atoms with Crippen molar-refractivity contribution in [3.8, 4) is 0 Å². The van der Waals surface area contributed by atoms with Crippen LogP contribution in [-0.4, -0.2) is 23.7 Å². The number of carboxylic acid groups (broad SMARTS) is 1. The number of carbonyl (C=O) groups excluding carboxylic acids is 1. The summed E-state index contributed by atoms with van der Waals surface area (Å²) in [6.07, 6.45) is 1.97. The number of hydrogen-bond donors (Lipinski definition) is 3. The van der Waals surface area contributed by atoms with Crippen LogP contribution in [0, 0.1) is 19.8 Å². The molecule has 6 heteroatoms. The van der Waals surface area contributed by atoms with Crippen molar-refractivity contribution in [2.24, 2.45) is 5.92 Å². The predicted octanol–water partition coefficient (Wildman–Crippen LogP) is 3.62. The maximum absolute atomic E-state index is 11.7. The zero-order chi connectivity index (χ0) is 15.3. The molecule has 0 saturated carbocycles. The van der Waals surface area contributed by atoms with Crippen LogP contribution in [0.15, 0.2) is 0 Å². The first kappa shape index (κ1) is 16.5. The van der Waals surface area contributed by atoms with Crippen molar-refractivity contribution >= 4 is 28.3 Å². The smallest absolute Gasteiger partial charge is 0.338 e. The number of anilines is 1. The minimum atomic E-state index is -1.01. The molecule has 0 aliphatic rings. The van der Waals surface area contributed by atoms with Gasteiger partial charge in [0.2, 0.25) is 0 Å². The molecular weight excluding hydrogens is 276 g/mol. The number of aromatic carboxylic acids is 1. The second kappa shape index (κ2) is 7.28. The molecule has 0 unspecified atom stereocenters. The third-order valence-corrected chi connectivity index (χ3v) is 4.19. The molecule has 1 heterocycles. The highest BCUT2D eigenvalue weighted by molar-refractivity contribution is 7.16. The number of carboxylic acids is 1. The standard InChI is InChI=1S/C14H22N2O3S/c1-8(2)6-5-7-15-14(19)16-12-11(13(17)18)9(3)10(4)20-12/h8H,5-7H2,1-4H3,(H,17,18)(H2,15,16,19). The van der Waals surface area contributed by atoms with E-state index in [-0.39, 0.29) is 11.6 Å². The third kappa shape index (κ3) is 4.52. The second-order valence-corrected chi connectivity index (χ2v) is 6.43. The summed E-state index contributed by atoms with van der Waals surface area (Å²) in [5.41, 5.74) is 0.891. The van der Waals surface area contributed by atoms with Gasteiger partial charge in [-0.05, 0) is 38.2 Å². The van der Waals surface area contributed by atoms with Gasteiger partial charge in [0.1, 0.15) is 5.00 Å². The Morgan fingerprint density at radius 1 is 1.30 bits per heavy atom. The number of nitrogens with one attached hydrogen (secondary N) is 2. The van der Waals surface area contributed by atoms with Gasteiger partial charge in [0, 0.05) is 11.4 Å². The van der Waals surface area contributed by atoms with Crippen LogP contribution in [0.2, 0.25) is 0 Å². The number of amides is 2. The SMILES string of the molecule is Cc1sc(NC(=O)NCCCC(C)C)c(C(=O)O)c1C. The maximum Gasteiger partial charge on any atom is 0.338 e. The molecule has 0 fully saturated rings. The van der Waals surface area contributed by atoms with Crippen molar-refractivity contribution < 1.29 is 14.7 Å². The molecular formula is C14H22N2O3S. The van der Waals surface area contributed by atoms with Gasteiger partial charge in [-0.2, -0.15) is 0 Å². The number of thiophene rings is 1. The Kier molecular flexibility index (Phi) is 6.01. The highest BCUT2D eigenvalue weighted by atomic mass is 32.1. The number of urea groups is 1. The van der Waals surface area contributed by atoms with Crippen LogP contribution in [0.3, 0.4) is 0 Å². The lowest BCUT2D eigenvalue weighted by Crippen LogP contribution is -2.29. The van der Waals surface area contributed by atoms with E-state index in [1.807, 2.05) is 6.92 Å². The van der Waals surface area contributed by atoms with Gasteiger partial charge in [-0.25, -0.2) is 9.59 Å². The fraction of sp³-hybridized carbons (Fsp3) is 0.571. The summed E-state index contributed by atoms with van der Waals surface area (Å²) in [6, 6.07) is -0.350. The first-order valence-corrected chi connectivity index (χ1v) is 7.52. The summed E-state index contributed by atoms with van der Waals surface area (Å²) in [5, 5.41) is 15.0. The normalized spacial score (nSPS) is 10.7. The Labute approximate surface area is 123 Å². The number of carbonyl (C=O) groups is 2. The molecule has 0 saturated heterocycles. The summed E-state index contributed by atoms with van der Waals surface area (Å²) in [4.78, 5) is 23.9. The Bertz CT molecular complexity index is 495. The average molecular weight is 298 g/mol. The van der Waals surface area contributed by atoms with Crippen LogP contribution in [-0.2, 0) is 0 Å². The van der Waals surface area contributed by atoms with E-state index in [2.05, 4.69) is 24.5 Å². The lowest BCUT2D eigenvalue weighted by atomic mass is 10.1. The second-order valence-electron chi connectivity index (χ2n) is 5.21. The van der Waals surface area contributed by atoms with Crippen LogP contribution in [0.5, 0.6) is 0 Å². The molecule has 0 aromatic carbocycles. The van der Waals surface area contributed by atoms with Crippen LogP contribution in [0.4, 0.5) is 9.80 Å². The van der Waals surface area contributed by atoms with Crippen molar-refractivity contribution in [2.75, 3.05) is 11.9 Å². The molecule has 3 N–H and O–H groups in total. The molecule has 1 rings (SSSR count). The van der Waals surface area contributed by atoms with Gasteiger partial charge in [0.15, 0.2) is 0 Å². The molecule has 0 bridgehead atoms.